The summed E-state index contributed by atoms with van der Waals surface area (Å²) in [7, 11) is 0. The second kappa shape index (κ2) is 10.6. The quantitative estimate of drug-likeness (QED) is 0.657. The number of thioether (sulfide) groups is 1. The Morgan fingerprint density at radius 2 is 1.70 bits per heavy atom. The van der Waals surface area contributed by atoms with Gasteiger partial charge in [-0.3, -0.25) is 4.79 Å². The Bertz CT molecular complexity index is 332. The molecule has 0 bridgehead atoms. The lowest BCUT2D eigenvalue weighted by atomic mass is 9.95. The van der Waals surface area contributed by atoms with Crippen molar-refractivity contribution in [3.05, 3.63) is 0 Å². The third-order valence-corrected chi connectivity index (χ3v) is 6.55. The van der Waals surface area contributed by atoms with Gasteiger partial charge < -0.3 is 9.80 Å². The minimum Gasteiger partial charge on any atom is -0.342 e. The van der Waals surface area contributed by atoms with Gasteiger partial charge in [0, 0.05) is 19.0 Å². The average Bonchev–Trinajstić information content (AvgIpc) is 2.83. The highest BCUT2D eigenvalue weighted by molar-refractivity contribution is 7.99. The van der Waals surface area contributed by atoms with E-state index in [4.69, 9.17) is 0 Å². The van der Waals surface area contributed by atoms with Crippen LogP contribution in [-0.2, 0) is 4.79 Å². The lowest BCUT2D eigenvalue weighted by Crippen LogP contribution is -2.43. The molecule has 0 aromatic carbocycles. The maximum Gasteiger partial charge on any atom is 0.225 e. The summed E-state index contributed by atoms with van der Waals surface area (Å²) >= 11 is 2.09. The highest BCUT2D eigenvalue weighted by Crippen LogP contribution is 2.22. The fourth-order valence-corrected chi connectivity index (χ4v) is 4.63. The molecule has 0 aliphatic carbocycles. The van der Waals surface area contributed by atoms with Gasteiger partial charge in [0.1, 0.15) is 0 Å². The number of rotatable bonds is 7. The number of hydrogen-bond acceptors (Lipinski definition) is 3. The third-order valence-electron chi connectivity index (χ3n) is 5.07. The molecule has 0 N–H and O–H groups in total. The molecule has 0 spiro atoms. The van der Waals surface area contributed by atoms with Crippen LogP contribution < -0.4 is 0 Å². The van der Waals surface area contributed by atoms with Crippen LogP contribution in [0.15, 0.2) is 0 Å². The fraction of sp³-hybridized carbons (Fsp3) is 0.947. The Hall–Kier alpha value is -0.220. The van der Waals surface area contributed by atoms with E-state index in [0.29, 0.717) is 11.8 Å². The van der Waals surface area contributed by atoms with Gasteiger partial charge in [0.25, 0.3) is 0 Å². The molecule has 23 heavy (non-hydrogen) atoms. The zero-order valence-corrected chi connectivity index (χ0v) is 16.1. The number of nitrogens with zero attached hydrogens (tertiary/aromatic N) is 2. The first-order chi connectivity index (χ1) is 11.2. The van der Waals surface area contributed by atoms with Gasteiger partial charge >= 0.3 is 0 Å². The maximum absolute atomic E-state index is 12.7. The monoisotopic (exact) mass is 340 g/mol. The second-order valence-electron chi connectivity index (χ2n) is 7.68. The molecule has 0 saturated carbocycles. The van der Waals surface area contributed by atoms with Gasteiger partial charge in [-0.15, -0.1) is 0 Å². The van der Waals surface area contributed by atoms with E-state index in [9.17, 15) is 4.79 Å². The topological polar surface area (TPSA) is 23.6 Å². The van der Waals surface area contributed by atoms with Crippen LogP contribution in [0.2, 0.25) is 0 Å². The van der Waals surface area contributed by atoms with E-state index in [-0.39, 0.29) is 0 Å². The van der Waals surface area contributed by atoms with Crippen LogP contribution in [0.5, 0.6) is 0 Å². The van der Waals surface area contributed by atoms with E-state index in [0.717, 1.165) is 44.9 Å². The summed E-state index contributed by atoms with van der Waals surface area (Å²) in [6.07, 6.45) is 8.47. The SMILES string of the molecule is CC(C)CSCCCN1CCC(C(=O)N2CCCCCC2)CC1. The minimum absolute atomic E-state index is 0.305. The van der Waals surface area contributed by atoms with Crippen LogP contribution in [0.1, 0.15) is 58.8 Å². The van der Waals surface area contributed by atoms with Crippen molar-refractivity contribution in [2.24, 2.45) is 11.8 Å². The van der Waals surface area contributed by atoms with Crippen molar-refractivity contribution in [3.8, 4) is 0 Å². The van der Waals surface area contributed by atoms with Gasteiger partial charge in [-0.2, -0.15) is 11.8 Å². The van der Waals surface area contributed by atoms with Crippen LogP contribution in [0, 0.1) is 11.8 Å². The summed E-state index contributed by atoms with van der Waals surface area (Å²) in [5, 5.41) is 0. The van der Waals surface area contributed by atoms with Crippen molar-refractivity contribution in [2.45, 2.75) is 58.8 Å². The molecule has 4 heteroatoms. The first-order valence-electron chi connectivity index (χ1n) is 9.75. The largest absolute Gasteiger partial charge is 0.342 e. The van der Waals surface area contributed by atoms with E-state index < -0.39 is 0 Å². The Morgan fingerprint density at radius 1 is 1.04 bits per heavy atom. The fourth-order valence-electron chi connectivity index (χ4n) is 3.66. The molecule has 0 aromatic heterocycles. The number of carbonyl (C=O) groups excluding carboxylic acids is 1. The molecule has 2 rings (SSSR count). The van der Waals surface area contributed by atoms with Gasteiger partial charge in [0.15, 0.2) is 0 Å². The van der Waals surface area contributed by atoms with E-state index in [1.54, 1.807) is 0 Å². The van der Waals surface area contributed by atoms with Crippen molar-refractivity contribution in [1.82, 2.24) is 9.80 Å². The van der Waals surface area contributed by atoms with Crippen LogP contribution in [0.3, 0.4) is 0 Å². The van der Waals surface area contributed by atoms with Gasteiger partial charge in [0.05, 0.1) is 0 Å². The molecule has 2 aliphatic rings. The molecule has 3 nitrogen and oxygen atoms in total. The first kappa shape index (κ1) is 19.1. The lowest BCUT2D eigenvalue weighted by molar-refractivity contribution is -0.137. The van der Waals surface area contributed by atoms with Crippen molar-refractivity contribution in [2.75, 3.05) is 44.2 Å². The smallest absolute Gasteiger partial charge is 0.225 e. The Morgan fingerprint density at radius 3 is 2.30 bits per heavy atom. The molecular weight excluding hydrogens is 304 g/mol. The molecule has 2 heterocycles. The molecule has 2 saturated heterocycles. The number of hydrogen-bond donors (Lipinski definition) is 0. The predicted octanol–water partition coefficient (Wildman–Crippen LogP) is 3.88. The van der Waals surface area contributed by atoms with Crippen LogP contribution in [-0.4, -0.2) is 59.9 Å². The average molecular weight is 341 g/mol. The Labute approximate surface area is 147 Å². The zero-order chi connectivity index (χ0) is 16.5. The summed E-state index contributed by atoms with van der Waals surface area (Å²) in [5.74, 6) is 4.14. The molecule has 1 amide bonds. The molecule has 0 atom stereocenters. The maximum atomic E-state index is 12.7. The normalized spacial score (nSPS) is 21.6. The van der Waals surface area contributed by atoms with Crippen molar-refractivity contribution in [1.29, 1.82) is 0 Å². The second-order valence-corrected chi connectivity index (χ2v) is 8.83. The molecule has 0 aromatic rings. The molecule has 0 unspecified atom stereocenters. The summed E-state index contributed by atoms with van der Waals surface area (Å²) in [5.41, 5.74) is 0. The van der Waals surface area contributed by atoms with Gasteiger partial charge in [-0.25, -0.2) is 0 Å². The number of carbonyl (C=O) groups is 1. The van der Waals surface area contributed by atoms with E-state index >= 15 is 0 Å². The van der Waals surface area contributed by atoms with Crippen molar-refractivity contribution < 1.29 is 4.79 Å². The first-order valence-corrected chi connectivity index (χ1v) is 10.9. The van der Waals surface area contributed by atoms with E-state index in [1.165, 1.54) is 50.2 Å². The molecule has 134 valence electrons. The third kappa shape index (κ3) is 7.04. The molecule has 2 aliphatic heterocycles. The highest BCUT2D eigenvalue weighted by Gasteiger charge is 2.28. The molecule has 0 radical (unpaired) electrons. The molecular formula is C19H36N2OS. The highest BCUT2D eigenvalue weighted by atomic mass is 32.2. The zero-order valence-electron chi connectivity index (χ0n) is 15.3. The van der Waals surface area contributed by atoms with Crippen molar-refractivity contribution >= 4 is 17.7 Å². The van der Waals surface area contributed by atoms with Crippen LogP contribution in [0.25, 0.3) is 0 Å². The van der Waals surface area contributed by atoms with Crippen molar-refractivity contribution in [3.63, 3.8) is 0 Å². The Balaban J connectivity index is 1.60. The van der Waals surface area contributed by atoms with E-state index in [2.05, 4.69) is 35.4 Å². The van der Waals surface area contributed by atoms with Crippen LogP contribution >= 0.6 is 11.8 Å². The summed E-state index contributed by atoms with van der Waals surface area (Å²) in [6.45, 7) is 10.1. The number of likely N-dealkylation sites (tertiary alicyclic amines) is 2. The summed E-state index contributed by atoms with van der Waals surface area (Å²) in [4.78, 5) is 17.4. The summed E-state index contributed by atoms with van der Waals surface area (Å²) in [6, 6.07) is 0. The van der Waals surface area contributed by atoms with Crippen LogP contribution in [0.4, 0.5) is 0 Å². The van der Waals surface area contributed by atoms with E-state index in [1.807, 2.05) is 0 Å². The summed E-state index contributed by atoms with van der Waals surface area (Å²) < 4.78 is 0. The number of amides is 1. The lowest BCUT2D eigenvalue weighted by Gasteiger charge is -2.34. The minimum atomic E-state index is 0.305. The standard InChI is InChI=1S/C19H36N2OS/c1-17(2)16-23-15-7-10-20-13-8-18(9-14-20)19(22)21-11-5-3-4-6-12-21/h17-18H,3-16H2,1-2H3. The van der Waals surface area contributed by atoms with Gasteiger partial charge in [0.2, 0.25) is 5.91 Å². The van der Waals surface area contributed by atoms with Gasteiger partial charge in [-0.1, -0.05) is 26.7 Å². The number of piperidine rings is 1. The Kier molecular flexibility index (Phi) is 8.81. The predicted molar refractivity (Wildman–Crippen MR) is 101 cm³/mol. The molecule has 2 fully saturated rings. The van der Waals surface area contributed by atoms with Gasteiger partial charge in [-0.05, 0) is 69.2 Å².